The van der Waals surface area contributed by atoms with Crippen molar-refractivity contribution in [1.82, 2.24) is 10.3 Å². The molecule has 1 aromatic heterocycles. The smallest absolute Gasteiger partial charge is 0.330 e. The van der Waals surface area contributed by atoms with Gasteiger partial charge in [0.15, 0.2) is 0 Å². The van der Waals surface area contributed by atoms with E-state index in [-0.39, 0.29) is 5.97 Å². The lowest BCUT2D eigenvalue weighted by Crippen LogP contribution is -2.45. The fourth-order valence-corrected chi connectivity index (χ4v) is 2.07. The number of hydrogen-bond acceptors (Lipinski definition) is 4. The molecule has 4 nitrogen and oxygen atoms in total. The van der Waals surface area contributed by atoms with Gasteiger partial charge >= 0.3 is 5.97 Å². The summed E-state index contributed by atoms with van der Waals surface area (Å²) in [6.07, 6.45) is 5.16. The third-order valence-corrected chi connectivity index (χ3v) is 2.84. The van der Waals surface area contributed by atoms with Gasteiger partial charge in [0.05, 0.1) is 7.11 Å². The van der Waals surface area contributed by atoms with Crippen molar-refractivity contribution in [2.45, 2.75) is 18.4 Å². The first-order valence-corrected chi connectivity index (χ1v) is 5.03. The van der Waals surface area contributed by atoms with Gasteiger partial charge in [0.2, 0.25) is 0 Å². The third kappa shape index (κ3) is 1.61. The minimum atomic E-state index is -0.678. The van der Waals surface area contributed by atoms with Gasteiger partial charge in [-0.25, -0.2) is 4.79 Å². The van der Waals surface area contributed by atoms with E-state index in [0.717, 1.165) is 24.9 Å². The molecular weight excluding hydrogens is 192 g/mol. The van der Waals surface area contributed by atoms with E-state index in [1.807, 2.05) is 12.1 Å². The number of carbonyl (C=O) groups is 1. The Labute approximate surface area is 88.7 Å². The number of carbonyl (C=O) groups excluding carboxylic acids is 1. The molecule has 1 saturated heterocycles. The zero-order valence-corrected chi connectivity index (χ0v) is 8.69. The number of nitrogens with one attached hydrogen (secondary N) is 1. The predicted molar refractivity (Wildman–Crippen MR) is 55.2 cm³/mol. The van der Waals surface area contributed by atoms with Gasteiger partial charge in [-0.3, -0.25) is 10.3 Å². The molecule has 0 spiro atoms. The predicted octanol–water partition coefficient (Wildman–Crippen LogP) is 0.833. The number of nitrogens with zero attached hydrogens (tertiary/aromatic N) is 1. The van der Waals surface area contributed by atoms with Gasteiger partial charge in [0.25, 0.3) is 0 Å². The lowest BCUT2D eigenvalue weighted by molar-refractivity contribution is -0.148. The molecule has 1 fully saturated rings. The number of hydrogen-bond donors (Lipinski definition) is 1. The first-order valence-electron chi connectivity index (χ1n) is 5.03. The fraction of sp³-hybridized carbons (Fsp3) is 0.455. The van der Waals surface area contributed by atoms with E-state index < -0.39 is 5.54 Å². The highest BCUT2D eigenvalue weighted by Crippen LogP contribution is 2.31. The van der Waals surface area contributed by atoms with Crippen molar-refractivity contribution in [3.05, 3.63) is 30.1 Å². The molecule has 1 N–H and O–H groups in total. The molecule has 1 aliphatic heterocycles. The standard InChI is InChI=1S/C11H14N2O2/c1-15-10(14)11(5-3-7-13-11)9-4-2-6-12-8-9/h2,4,6,8,13H,3,5,7H2,1H3. The van der Waals surface area contributed by atoms with Gasteiger partial charge in [-0.15, -0.1) is 0 Å². The SMILES string of the molecule is COC(=O)C1(c2cccnc2)CCCN1. The van der Waals surface area contributed by atoms with Gasteiger partial charge in [0, 0.05) is 18.0 Å². The van der Waals surface area contributed by atoms with E-state index >= 15 is 0 Å². The highest BCUT2D eigenvalue weighted by molar-refractivity contribution is 5.82. The summed E-state index contributed by atoms with van der Waals surface area (Å²) >= 11 is 0. The van der Waals surface area contributed by atoms with E-state index in [1.165, 1.54) is 7.11 Å². The second-order valence-electron chi connectivity index (χ2n) is 3.67. The van der Waals surface area contributed by atoms with Crippen LogP contribution in [-0.2, 0) is 15.1 Å². The molecule has 0 aromatic carbocycles. The molecule has 2 rings (SSSR count). The molecule has 1 aromatic rings. The minimum Gasteiger partial charge on any atom is -0.467 e. The van der Waals surface area contributed by atoms with E-state index in [9.17, 15) is 4.79 Å². The number of esters is 1. The van der Waals surface area contributed by atoms with Crippen LogP contribution in [0.2, 0.25) is 0 Å². The molecular formula is C11H14N2O2. The Morgan fingerprint density at radius 1 is 1.67 bits per heavy atom. The summed E-state index contributed by atoms with van der Waals surface area (Å²) in [5, 5.41) is 3.22. The summed E-state index contributed by atoms with van der Waals surface area (Å²) in [4.78, 5) is 15.9. The highest BCUT2D eigenvalue weighted by Gasteiger charge is 2.43. The molecule has 0 amide bonds. The molecule has 4 heteroatoms. The third-order valence-electron chi connectivity index (χ3n) is 2.84. The molecule has 0 bridgehead atoms. The van der Waals surface area contributed by atoms with Crippen LogP contribution in [0.4, 0.5) is 0 Å². The molecule has 1 atom stereocenters. The largest absolute Gasteiger partial charge is 0.467 e. The van der Waals surface area contributed by atoms with E-state index in [2.05, 4.69) is 10.3 Å². The maximum Gasteiger partial charge on any atom is 0.330 e. The van der Waals surface area contributed by atoms with Crippen LogP contribution in [0.5, 0.6) is 0 Å². The van der Waals surface area contributed by atoms with Gasteiger partial charge in [-0.05, 0) is 25.5 Å². The Balaban J connectivity index is 2.39. The molecule has 1 aliphatic rings. The average molecular weight is 206 g/mol. The Kier molecular flexibility index (Phi) is 2.68. The van der Waals surface area contributed by atoms with Crippen LogP contribution in [0.25, 0.3) is 0 Å². The Hall–Kier alpha value is -1.42. The molecule has 80 valence electrons. The van der Waals surface area contributed by atoms with E-state index in [4.69, 9.17) is 4.74 Å². The van der Waals surface area contributed by atoms with Gasteiger partial charge in [-0.2, -0.15) is 0 Å². The first-order chi connectivity index (χ1) is 7.29. The Bertz CT molecular complexity index is 345. The second-order valence-corrected chi connectivity index (χ2v) is 3.67. The molecule has 1 unspecified atom stereocenters. The van der Waals surface area contributed by atoms with Gasteiger partial charge < -0.3 is 4.74 Å². The number of aromatic nitrogens is 1. The highest BCUT2D eigenvalue weighted by atomic mass is 16.5. The quantitative estimate of drug-likeness (QED) is 0.728. The van der Waals surface area contributed by atoms with E-state index in [0.29, 0.717) is 0 Å². The number of rotatable bonds is 2. The molecule has 15 heavy (non-hydrogen) atoms. The first kappa shape index (κ1) is 10.1. The lowest BCUT2D eigenvalue weighted by atomic mass is 9.90. The maximum atomic E-state index is 11.8. The zero-order valence-electron chi connectivity index (χ0n) is 8.69. The van der Waals surface area contributed by atoms with Gasteiger partial charge in [-0.1, -0.05) is 6.07 Å². The summed E-state index contributed by atoms with van der Waals surface area (Å²) in [6, 6.07) is 3.74. The van der Waals surface area contributed by atoms with Crippen LogP contribution in [-0.4, -0.2) is 24.6 Å². The summed E-state index contributed by atoms with van der Waals surface area (Å²) in [7, 11) is 1.42. The van der Waals surface area contributed by atoms with Crippen molar-refractivity contribution >= 4 is 5.97 Å². The molecule has 0 aliphatic carbocycles. The van der Waals surface area contributed by atoms with E-state index in [1.54, 1.807) is 12.4 Å². The van der Waals surface area contributed by atoms with Crippen LogP contribution in [0.15, 0.2) is 24.5 Å². The Morgan fingerprint density at radius 2 is 2.53 bits per heavy atom. The molecule has 0 radical (unpaired) electrons. The fourth-order valence-electron chi connectivity index (χ4n) is 2.07. The number of ether oxygens (including phenoxy) is 1. The topological polar surface area (TPSA) is 51.2 Å². The maximum absolute atomic E-state index is 11.8. The van der Waals surface area contributed by atoms with Crippen molar-refractivity contribution < 1.29 is 9.53 Å². The van der Waals surface area contributed by atoms with Crippen molar-refractivity contribution in [3.63, 3.8) is 0 Å². The van der Waals surface area contributed by atoms with Crippen LogP contribution in [0.1, 0.15) is 18.4 Å². The van der Waals surface area contributed by atoms with Crippen LogP contribution in [0, 0.1) is 0 Å². The molecule has 0 saturated carbocycles. The van der Waals surface area contributed by atoms with Crippen molar-refractivity contribution in [3.8, 4) is 0 Å². The second kappa shape index (κ2) is 3.98. The summed E-state index contributed by atoms with van der Waals surface area (Å²) in [5.41, 5.74) is 0.206. The number of methoxy groups -OCH3 is 1. The van der Waals surface area contributed by atoms with Crippen LogP contribution in [0.3, 0.4) is 0 Å². The zero-order chi connectivity index (χ0) is 10.7. The van der Waals surface area contributed by atoms with Crippen molar-refractivity contribution in [2.24, 2.45) is 0 Å². The van der Waals surface area contributed by atoms with Gasteiger partial charge in [0.1, 0.15) is 5.54 Å². The summed E-state index contributed by atoms with van der Waals surface area (Å²) in [6.45, 7) is 0.837. The number of pyridine rings is 1. The normalized spacial score (nSPS) is 25.1. The molecule has 2 heterocycles. The monoisotopic (exact) mass is 206 g/mol. The van der Waals surface area contributed by atoms with Crippen LogP contribution < -0.4 is 5.32 Å². The minimum absolute atomic E-state index is 0.229. The summed E-state index contributed by atoms with van der Waals surface area (Å²) < 4.78 is 4.86. The summed E-state index contributed by atoms with van der Waals surface area (Å²) in [5.74, 6) is -0.229. The van der Waals surface area contributed by atoms with Crippen LogP contribution >= 0.6 is 0 Å². The van der Waals surface area contributed by atoms with Crippen molar-refractivity contribution in [2.75, 3.05) is 13.7 Å². The average Bonchev–Trinajstić information content (AvgIpc) is 2.79. The van der Waals surface area contributed by atoms with Crippen molar-refractivity contribution in [1.29, 1.82) is 0 Å². The lowest BCUT2D eigenvalue weighted by Gasteiger charge is -2.26. The Morgan fingerprint density at radius 3 is 3.07 bits per heavy atom.